The van der Waals surface area contributed by atoms with Gasteiger partial charge < -0.3 is 10.2 Å². The van der Waals surface area contributed by atoms with Crippen molar-refractivity contribution >= 4 is 22.5 Å². The molecule has 25 heavy (non-hydrogen) atoms. The Bertz CT molecular complexity index is 804. The molecule has 7 heteroatoms. The molecule has 1 aromatic carbocycles. The van der Waals surface area contributed by atoms with Gasteiger partial charge in [0.15, 0.2) is 0 Å². The van der Waals surface area contributed by atoms with Crippen LogP contribution in [0.3, 0.4) is 0 Å². The smallest absolute Gasteiger partial charge is 0.370 e. The van der Waals surface area contributed by atoms with Crippen molar-refractivity contribution in [3.05, 3.63) is 35.5 Å². The Morgan fingerprint density at radius 2 is 2.12 bits per heavy atom. The number of alkyl halides is 3. The van der Waals surface area contributed by atoms with Gasteiger partial charge in [0.05, 0.1) is 17.0 Å². The van der Waals surface area contributed by atoms with Gasteiger partial charge >= 0.3 is 6.18 Å². The summed E-state index contributed by atoms with van der Waals surface area (Å²) in [6.07, 6.45) is -3.66. The maximum absolute atomic E-state index is 12.9. The summed E-state index contributed by atoms with van der Waals surface area (Å²) in [7, 11) is 0. The lowest BCUT2D eigenvalue weighted by atomic mass is 10.1. The van der Waals surface area contributed by atoms with Crippen LogP contribution in [0.25, 0.3) is 10.9 Å². The van der Waals surface area contributed by atoms with Gasteiger partial charge in [-0.15, -0.1) is 0 Å². The number of halogens is 3. The Labute approximate surface area is 144 Å². The van der Waals surface area contributed by atoms with E-state index in [1.165, 1.54) is 6.07 Å². The van der Waals surface area contributed by atoms with Crippen LogP contribution in [-0.4, -0.2) is 30.5 Å². The van der Waals surface area contributed by atoms with Crippen molar-refractivity contribution < 1.29 is 18.0 Å². The summed E-state index contributed by atoms with van der Waals surface area (Å²) in [5, 5.41) is 3.51. The van der Waals surface area contributed by atoms with Crippen molar-refractivity contribution in [3.63, 3.8) is 0 Å². The molecule has 2 heterocycles. The molecule has 0 saturated carbocycles. The number of pyridine rings is 1. The zero-order valence-corrected chi connectivity index (χ0v) is 14.2. The van der Waals surface area contributed by atoms with E-state index >= 15 is 0 Å². The molecule has 1 N–H and O–H groups in total. The summed E-state index contributed by atoms with van der Waals surface area (Å²) in [5.41, 5.74) is 1.11. The van der Waals surface area contributed by atoms with Crippen molar-refractivity contribution in [2.45, 2.75) is 26.4 Å². The van der Waals surface area contributed by atoms with E-state index in [0.29, 0.717) is 36.2 Å². The molecule has 1 saturated heterocycles. The topological polar surface area (TPSA) is 45.2 Å². The van der Waals surface area contributed by atoms with Gasteiger partial charge in [-0.3, -0.25) is 9.78 Å². The Hall–Kier alpha value is -2.31. The number of rotatable bonds is 3. The van der Waals surface area contributed by atoms with Crippen LogP contribution >= 0.6 is 0 Å². The number of hydrogen-bond acceptors (Lipinski definition) is 3. The van der Waals surface area contributed by atoms with Crippen molar-refractivity contribution in [2.75, 3.05) is 24.5 Å². The number of aromatic nitrogens is 1. The second-order valence-corrected chi connectivity index (χ2v) is 6.34. The molecule has 4 nitrogen and oxygen atoms in total. The number of carbonyl (C=O) groups excluding carboxylic acids is 1. The van der Waals surface area contributed by atoms with Gasteiger partial charge in [0.25, 0.3) is 0 Å². The van der Waals surface area contributed by atoms with E-state index in [1.807, 2.05) is 13.0 Å². The maximum atomic E-state index is 12.9. The second kappa shape index (κ2) is 6.54. The molecule has 0 radical (unpaired) electrons. The highest BCUT2D eigenvalue weighted by Gasteiger charge is 2.32. The fourth-order valence-corrected chi connectivity index (χ4v) is 3.29. The van der Waals surface area contributed by atoms with Crippen molar-refractivity contribution in [1.82, 2.24) is 10.3 Å². The van der Waals surface area contributed by atoms with E-state index in [1.54, 1.807) is 6.92 Å². The van der Waals surface area contributed by atoms with Crippen molar-refractivity contribution in [1.29, 1.82) is 0 Å². The monoisotopic (exact) mass is 351 g/mol. The van der Waals surface area contributed by atoms with E-state index in [4.69, 9.17) is 0 Å². The first-order valence-corrected chi connectivity index (χ1v) is 8.31. The Balaban J connectivity index is 1.96. The first-order chi connectivity index (χ1) is 11.8. The van der Waals surface area contributed by atoms with Gasteiger partial charge in [-0.2, -0.15) is 13.2 Å². The van der Waals surface area contributed by atoms with E-state index in [-0.39, 0.29) is 11.8 Å². The third kappa shape index (κ3) is 3.55. The lowest BCUT2D eigenvalue weighted by Crippen LogP contribution is -2.32. The molecule has 0 aliphatic carbocycles. The minimum atomic E-state index is -4.39. The van der Waals surface area contributed by atoms with Crippen molar-refractivity contribution in [3.8, 4) is 0 Å². The lowest BCUT2D eigenvalue weighted by Gasteiger charge is -2.21. The van der Waals surface area contributed by atoms with Gasteiger partial charge in [-0.05, 0) is 38.5 Å². The van der Waals surface area contributed by atoms with Crippen LogP contribution in [0.15, 0.2) is 24.3 Å². The fourth-order valence-electron chi connectivity index (χ4n) is 3.29. The number of anilines is 1. The molecular formula is C18H20F3N3O. The zero-order chi connectivity index (χ0) is 18.2. The summed E-state index contributed by atoms with van der Waals surface area (Å²) in [6, 6.07) is 5.51. The Morgan fingerprint density at radius 3 is 2.80 bits per heavy atom. The summed E-state index contributed by atoms with van der Waals surface area (Å²) in [6.45, 7) is 5.49. The number of benzene rings is 1. The Morgan fingerprint density at radius 1 is 1.36 bits per heavy atom. The summed E-state index contributed by atoms with van der Waals surface area (Å²) in [5.74, 6) is -0.0719. The van der Waals surface area contributed by atoms with Gasteiger partial charge in [-0.25, -0.2) is 0 Å². The molecule has 134 valence electrons. The van der Waals surface area contributed by atoms with Crippen LogP contribution < -0.4 is 10.2 Å². The highest BCUT2D eigenvalue weighted by molar-refractivity contribution is 5.93. The molecule has 1 aliphatic heterocycles. The number of nitrogens with one attached hydrogen (secondary N) is 1. The van der Waals surface area contributed by atoms with Gasteiger partial charge in [0.2, 0.25) is 5.91 Å². The maximum Gasteiger partial charge on any atom is 0.416 e. The SMILES string of the molecule is CCNC(=O)C1CCN(c2cc(C)nc3cc(C(F)(F)F)ccc23)C1. The highest BCUT2D eigenvalue weighted by atomic mass is 19.4. The molecule has 0 bridgehead atoms. The number of hydrogen-bond donors (Lipinski definition) is 1. The average Bonchev–Trinajstić information content (AvgIpc) is 3.02. The third-order valence-corrected chi connectivity index (χ3v) is 4.49. The van der Waals surface area contributed by atoms with Crippen LogP contribution in [0.2, 0.25) is 0 Å². The lowest BCUT2D eigenvalue weighted by molar-refractivity contribution is -0.137. The van der Waals surface area contributed by atoms with Crippen LogP contribution in [0.4, 0.5) is 18.9 Å². The molecule has 1 aliphatic rings. The van der Waals surface area contributed by atoms with E-state index in [9.17, 15) is 18.0 Å². The molecule has 1 fully saturated rings. The predicted octanol–water partition coefficient (Wildman–Crippen LogP) is 3.52. The highest BCUT2D eigenvalue weighted by Crippen LogP contribution is 2.35. The minimum Gasteiger partial charge on any atom is -0.370 e. The summed E-state index contributed by atoms with van der Waals surface area (Å²) < 4.78 is 38.8. The largest absolute Gasteiger partial charge is 0.416 e. The summed E-state index contributed by atoms with van der Waals surface area (Å²) in [4.78, 5) is 18.4. The summed E-state index contributed by atoms with van der Waals surface area (Å²) >= 11 is 0. The van der Waals surface area contributed by atoms with Crippen LogP contribution in [-0.2, 0) is 11.0 Å². The van der Waals surface area contributed by atoms with E-state index in [2.05, 4.69) is 15.2 Å². The Kier molecular flexibility index (Phi) is 4.58. The number of amides is 1. The predicted molar refractivity (Wildman–Crippen MR) is 90.5 cm³/mol. The number of carbonyl (C=O) groups is 1. The standard InChI is InChI=1S/C18H20F3N3O/c1-3-22-17(25)12-6-7-24(10-12)16-8-11(2)23-15-9-13(18(19,20)21)4-5-14(15)16/h4-5,8-9,12H,3,6-7,10H2,1-2H3,(H,22,25). The quantitative estimate of drug-likeness (QED) is 0.920. The van der Waals surface area contributed by atoms with E-state index in [0.717, 1.165) is 24.2 Å². The van der Waals surface area contributed by atoms with Crippen LogP contribution in [0, 0.1) is 12.8 Å². The second-order valence-electron chi connectivity index (χ2n) is 6.34. The zero-order valence-electron chi connectivity index (χ0n) is 14.2. The molecule has 3 rings (SSSR count). The average molecular weight is 351 g/mol. The number of nitrogens with zero attached hydrogens (tertiary/aromatic N) is 2. The molecule has 0 spiro atoms. The molecule has 1 aromatic heterocycles. The normalized spacial score (nSPS) is 18.0. The van der Waals surface area contributed by atoms with Gasteiger partial charge in [0.1, 0.15) is 0 Å². The number of aryl methyl sites for hydroxylation is 1. The molecule has 2 aromatic rings. The first kappa shape index (κ1) is 17.5. The van der Waals surface area contributed by atoms with Gasteiger partial charge in [-0.1, -0.05) is 6.07 Å². The molecule has 1 atom stereocenters. The van der Waals surface area contributed by atoms with Gasteiger partial charge in [0, 0.05) is 36.4 Å². The third-order valence-electron chi connectivity index (χ3n) is 4.49. The number of fused-ring (bicyclic) bond motifs is 1. The van der Waals surface area contributed by atoms with E-state index < -0.39 is 11.7 Å². The first-order valence-electron chi connectivity index (χ1n) is 8.31. The minimum absolute atomic E-state index is 0.0273. The van der Waals surface area contributed by atoms with Crippen molar-refractivity contribution in [2.24, 2.45) is 5.92 Å². The van der Waals surface area contributed by atoms with Crippen LogP contribution in [0.5, 0.6) is 0 Å². The molecular weight excluding hydrogens is 331 g/mol. The molecule has 1 unspecified atom stereocenters. The molecule has 1 amide bonds. The fraction of sp³-hybridized carbons (Fsp3) is 0.444. The van der Waals surface area contributed by atoms with Crippen LogP contribution in [0.1, 0.15) is 24.6 Å².